The Kier molecular flexibility index (Phi) is 3.38. The third kappa shape index (κ3) is 2.69. The summed E-state index contributed by atoms with van der Waals surface area (Å²) in [5, 5.41) is 10.1. The Morgan fingerprint density at radius 1 is 1.62 bits per heavy atom. The fourth-order valence-electron chi connectivity index (χ4n) is 2.10. The van der Waals surface area contributed by atoms with Crippen molar-refractivity contribution >= 4 is 22.4 Å². The molecule has 16 heavy (non-hydrogen) atoms. The molecule has 2 rings (SSSR count). The number of hydrogen-bond donors (Lipinski definition) is 1. The summed E-state index contributed by atoms with van der Waals surface area (Å²) in [5.74, 6) is 0.163. The number of piperidine rings is 1. The Morgan fingerprint density at radius 3 is 3.06 bits per heavy atom. The number of carbonyl (C=O) groups is 1. The van der Waals surface area contributed by atoms with E-state index in [1.165, 1.54) is 0 Å². The van der Waals surface area contributed by atoms with E-state index in [1.54, 1.807) is 11.3 Å². The molecule has 0 bridgehead atoms. The molecule has 1 saturated heterocycles. The summed E-state index contributed by atoms with van der Waals surface area (Å²) in [6, 6.07) is 0. The monoisotopic (exact) mass is 240 g/mol. The van der Waals surface area contributed by atoms with Crippen LogP contribution in [-0.4, -0.2) is 29.2 Å². The maximum atomic E-state index is 10.9. The average molecular weight is 240 g/mol. The lowest BCUT2D eigenvalue weighted by Crippen LogP contribution is -2.37. The van der Waals surface area contributed by atoms with Crippen LogP contribution in [-0.2, 0) is 4.79 Å². The van der Waals surface area contributed by atoms with Crippen LogP contribution >= 0.6 is 11.3 Å². The predicted octanol–water partition coefficient (Wildman–Crippen LogP) is 0.938. The van der Waals surface area contributed by atoms with Crippen LogP contribution in [0.15, 0.2) is 0 Å². The Bertz CT molecular complexity index is 379. The van der Waals surface area contributed by atoms with Gasteiger partial charge in [0.2, 0.25) is 11.0 Å². The molecule has 0 radical (unpaired) electrons. The van der Waals surface area contributed by atoms with E-state index in [2.05, 4.69) is 15.1 Å². The van der Waals surface area contributed by atoms with Crippen LogP contribution in [0.2, 0.25) is 0 Å². The van der Waals surface area contributed by atoms with Gasteiger partial charge < -0.3 is 10.6 Å². The number of carbonyl (C=O) groups excluding carboxylic acids is 1. The Morgan fingerprint density at radius 2 is 2.44 bits per heavy atom. The number of primary amides is 1. The van der Waals surface area contributed by atoms with Crippen LogP contribution in [0, 0.1) is 12.8 Å². The molecule has 1 aliphatic rings. The summed E-state index contributed by atoms with van der Waals surface area (Å²) in [6.45, 7) is 3.83. The van der Waals surface area contributed by atoms with Gasteiger partial charge in [-0.1, -0.05) is 11.3 Å². The number of rotatable bonds is 3. The van der Waals surface area contributed by atoms with Gasteiger partial charge in [0.15, 0.2) is 0 Å². The molecule has 1 atom stereocenters. The van der Waals surface area contributed by atoms with Gasteiger partial charge in [0, 0.05) is 19.5 Å². The van der Waals surface area contributed by atoms with Crippen molar-refractivity contribution in [2.45, 2.75) is 26.2 Å². The van der Waals surface area contributed by atoms with E-state index >= 15 is 0 Å². The van der Waals surface area contributed by atoms with Crippen molar-refractivity contribution in [3.63, 3.8) is 0 Å². The van der Waals surface area contributed by atoms with Gasteiger partial charge in [-0.25, -0.2) is 0 Å². The van der Waals surface area contributed by atoms with Gasteiger partial charge in [0.1, 0.15) is 5.01 Å². The summed E-state index contributed by atoms with van der Waals surface area (Å²) in [6.07, 6.45) is 2.65. The van der Waals surface area contributed by atoms with Gasteiger partial charge in [0.25, 0.3) is 0 Å². The highest BCUT2D eigenvalue weighted by Gasteiger charge is 2.23. The highest BCUT2D eigenvalue weighted by Crippen LogP contribution is 2.26. The maximum Gasteiger partial charge on any atom is 0.217 e. The molecule has 2 N–H and O–H groups in total. The van der Waals surface area contributed by atoms with Crippen molar-refractivity contribution in [1.82, 2.24) is 10.2 Å². The third-order valence-corrected chi connectivity index (χ3v) is 3.69. The van der Waals surface area contributed by atoms with E-state index in [0.717, 1.165) is 36.1 Å². The van der Waals surface area contributed by atoms with Crippen molar-refractivity contribution < 1.29 is 4.79 Å². The molecule has 0 aromatic carbocycles. The topological polar surface area (TPSA) is 72.1 Å². The molecule has 1 amide bonds. The van der Waals surface area contributed by atoms with Crippen molar-refractivity contribution in [3.8, 4) is 0 Å². The number of nitrogens with zero attached hydrogens (tertiary/aromatic N) is 3. The lowest BCUT2D eigenvalue weighted by Gasteiger charge is -2.31. The van der Waals surface area contributed by atoms with Gasteiger partial charge in [-0.2, -0.15) is 0 Å². The first-order valence-electron chi connectivity index (χ1n) is 5.48. The molecule has 88 valence electrons. The number of amides is 1. The molecule has 1 aliphatic heterocycles. The molecule has 5 nitrogen and oxygen atoms in total. The normalized spacial score (nSPS) is 21.1. The third-order valence-electron chi connectivity index (χ3n) is 2.79. The standard InChI is InChI=1S/C10H16N4OS/c1-7-12-13-10(16-7)14-4-2-3-8(6-14)5-9(11)15/h8H,2-6H2,1H3,(H2,11,15). The quantitative estimate of drug-likeness (QED) is 0.853. The van der Waals surface area contributed by atoms with Crippen LogP contribution in [0.4, 0.5) is 5.13 Å². The van der Waals surface area contributed by atoms with Gasteiger partial charge in [-0.05, 0) is 25.7 Å². The first kappa shape index (κ1) is 11.3. The SMILES string of the molecule is Cc1nnc(N2CCCC(CC(N)=O)C2)s1. The largest absolute Gasteiger partial charge is 0.370 e. The van der Waals surface area contributed by atoms with Gasteiger partial charge in [-0.15, -0.1) is 10.2 Å². The van der Waals surface area contributed by atoms with E-state index in [0.29, 0.717) is 12.3 Å². The van der Waals surface area contributed by atoms with E-state index in [-0.39, 0.29) is 5.91 Å². The van der Waals surface area contributed by atoms with Crippen LogP contribution in [0.1, 0.15) is 24.3 Å². The van der Waals surface area contributed by atoms with Crippen LogP contribution < -0.4 is 10.6 Å². The van der Waals surface area contributed by atoms with E-state index < -0.39 is 0 Å². The highest BCUT2D eigenvalue weighted by molar-refractivity contribution is 7.15. The van der Waals surface area contributed by atoms with Gasteiger partial charge >= 0.3 is 0 Å². The second-order valence-corrected chi connectivity index (χ2v) is 5.39. The minimum atomic E-state index is -0.208. The first-order chi connectivity index (χ1) is 7.65. The molecule has 1 aromatic rings. The van der Waals surface area contributed by atoms with Gasteiger partial charge in [-0.3, -0.25) is 4.79 Å². The van der Waals surface area contributed by atoms with Crippen molar-refractivity contribution in [2.75, 3.05) is 18.0 Å². The summed E-state index contributed by atoms with van der Waals surface area (Å²) >= 11 is 1.60. The first-order valence-corrected chi connectivity index (χ1v) is 6.30. The van der Waals surface area contributed by atoms with E-state index in [1.807, 2.05) is 6.92 Å². The minimum Gasteiger partial charge on any atom is -0.370 e. The predicted molar refractivity (Wildman–Crippen MR) is 63.4 cm³/mol. The Hall–Kier alpha value is -1.17. The van der Waals surface area contributed by atoms with Crippen molar-refractivity contribution in [2.24, 2.45) is 11.7 Å². The maximum absolute atomic E-state index is 10.9. The lowest BCUT2D eigenvalue weighted by atomic mass is 9.95. The number of aromatic nitrogens is 2. The summed E-state index contributed by atoms with van der Waals surface area (Å²) in [5.41, 5.74) is 5.23. The number of nitrogens with two attached hydrogens (primary N) is 1. The molecular formula is C10H16N4OS. The lowest BCUT2D eigenvalue weighted by molar-refractivity contribution is -0.118. The molecular weight excluding hydrogens is 224 g/mol. The van der Waals surface area contributed by atoms with Crippen molar-refractivity contribution in [3.05, 3.63) is 5.01 Å². The Balaban J connectivity index is 1.99. The fourth-order valence-corrected chi connectivity index (χ4v) is 2.83. The second kappa shape index (κ2) is 4.78. The number of aryl methyl sites for hydroxylation is 1. The summed E-state index contributed by atoms with van der Waals surface area (Å²) in [4.78, 5) is 13.1. The fraction of sp³-hybridized carbons (Fsp3) is 0.700. The average Bonchev–Trinajstić information content (AvgIpc) is 2.64. The minimum absolute atomic E-state index is 0.208. The number of hydrogen-bond acceptors (Lipinski definition) is 5. The van der Waals surface area contributed by atoms with Crippen LogP contribution in [0.5, 0.6) is 0 Å². The second-order valence-electron chi connectivity index (χ2n) is 4.23. The molecule has 0 saturated carbocycles. The van der Waals surface area contributed by atoms with Crippen LogP contribution in [0.25, 0.3) is 0 Å². The molecule has 0 aliphatic carbocycles. The molecule has 6 heteroatoms. The molecule has 1 fully saturated rings. The van der Waals surface area contributed by atoms with E-state index in [4.69, 9.17) is 5.73 Å². The van der Waals surface area contributed by atoms with Crippen molar-refractivity contribution in [1.29, 1.82) is 0 Å². The molecule has 1 aromatic heterocycles. The number of anilines is 1. The Labute approximate surface area is 98.7 Å². The zero-order valence-electron chi connectivity index (χ0n) is 9.35. The molecule has 2 heterocycles. The highest BCUT2D eigenvalue weighted by atomic mass is 32.1. The van der Waals surface area contributed by atoms with Crippen LogP contribution in [0.3, 0.4) is 0 Å². The summed E-state index contributed by atoms with van der Waals surface area (Å²) in [7, 11) is 0. The van der Waals surface area contributed by atoms with E-state index in [9.17, 15) is 4.79 Å². The zero-order chi connectivity index (χ0) is 11.5. The zero-order valence-corrected chi connectivity index (χ0v) is 10.2. The summed E-state index contributed by atoms with van der Waals surface area (Å²) < 4.78 is 0. The molecule has 1 unspecified atom stereocenters. The molecule has 0 spiro atoms. The smallest absolute Gasteiger partial charge is 0.217 e. The van der Waals surface area contributed by atoms with Gasteiger partial charge in [0.05, 0.1) is 0 Å².